The lowest BCUT2D eigenvalue weighted by Crippen LogP contribution is -2.41. The van der Waals surface area contributed by atoms with Gasteiger partial charge in [-0.15, -0.1) is 0 Å². The van der Waals surface area contributed by atoms with Gasteiger partial charge in [0.15, 0.2) is 5.82 Å². The molecule has 0 saturated heterocycles. The smallest absolute Gasteiger partial charge is 0.150 e. The van der Waals surface area contributed by atoms with Crippen LogP contribution in [0.5, 0.6) is 0 Å². The molecule has 0 amide bonds. The topological polar surface area (TPSA) is 42.7 Å². The van der Waals surface area contributed by atoms with Crippen molar-refractivity contribution < 1.29 is 0 Å². The molecule has 0 bridgehead atoms. The van der Waals surface area contributed by atoms with Crippen molar-refractivity contribution in [2.45, 2.75) is 65.5 Å². The summed E-state index contributed by atoms with van der Waals surface area (Å²) in [5, 5.41) is 8.20. The van der Waals surface area contributed by atoms with Crippen molar-refractivity contribution in [3.05, 3.63) is 11.6 Å². The number of hydrogen-bond acceptors (Lipinski definition) is 3. The van der Waals surface area contributed by atoms with E-state index in [9.17, 15) is 0 Å². The second-order valence-electron chi connectivity index (χ2n) is 5.96. The number of nitrogens with zero attached hydrogens (tertiary/aromatic N) is 3. The van der Waals surface area contributed by atoms with Crippen molar-refractivity contribution in [3.8, 4) is 0 Å². The molecule has 1 N–H and O–H groups in total. The van der Waals surface area contributed by atoms with E-state index in [4.69, 9.17) is 5.10 Å². The van der Waals surface area contributed by atoms with Crippen LogP contribution in [0.15, 0.2) is 0 Å². The SMILES string of the molecule is CCc1nc(CC)n(C2CCC(C)(C)C2NC)n1. The minimum Gasteiger partial charge on any atom is -0.314 e. The Bertz CT molecular complexity index is 408. The van der Waals surface area contributed by atoms with Gasteiger partial charge in [0.2, 0.25) is 0 Å². The summed E-state index contributed by atoms with van der Waals surface area (Å²) in [6.07, 6.45) is 4.31. The zero-order valence-corrected chi connectivity index (χ0v) is 12.3. The first-order chi connectivity index (χ1) is 8.53. The maximum atomic E-state index is 4.71. The lowest BCUT2D eigenvalue weighted by molar-refractivity contribution is 0.250. The van der Waals surface area contributed by atoms with E-state index in [0.717, 1.165) is 24.5 Å². The lowest BCUT2D eigenvalue weighted by atomic mass is 9.86. The van der Waals surface area contributed by atoms with Crippen molar-refractivity contribution in [2.24, 2.45) is 5.41 Å². The van der Waals surface area contributed by atoms with Crippen LogP contribution < -0.4 is 5.32 Å². The highest BCUT2D eigenvalue weighted by Gasteiger charge is 2.43. The Hall–Kier alpha value is -0.900. The number of aryl methyl sites for hydroxylation is 2. The van der Waals surface area contributed by atoms with Gasteiger partial charge >= 0.3 is 0 Å². The minimum absolute atomic E-state index is 0.336. The quantitative estimate of drug-likeness (QED) is 0.892. The molecule has 0 spiro atoms. The van der Waals surface area contributed by atoms with Crippen molar-refractivity contribution in [1.82, 2.24) is 20.1 Å². The van der Waals surface area contributed by atoms with Gasteiger partial charge < -0.3 is 5.32 Å². The largest absolute Gasteiger partial charge is 0.314 e. The second-order valence-corrected chi connectivity index (χ2v) is 5.96. The third-order valence-corrected chi connectivity index (χ3v) is 4.31. The summed E-state index contributed by atoms with van der Waals surface area (Å²) in [6.45, 7) is 8.97. The van der Waals surface area contributed by atoms with Crippen LogP contribution in [0.25, 0.3) is 0 Å². The molecular formula is C14H26N4. The van der Waals surface area contributed by atoms with Crippen LogP contribution in [0.3, 0.4) is 0 Å². The summed E-state index contributed by atoms with van der Waals surface area (Å²) in [5.41, 5.74) is 0.336. The minimum atomic E-state index is 0.336. The monoisotopic (exact) mass is 250 g/mol. The molecule has 1 aliphatic carbocycles. The van der Waals surface area contributed by atoms with E-state index >= 15 is 0 Å². The van der Waals surface area contributed by atoms with Gasteiger partial charge in [-0.1, -0.05) is 27.7 Å². The fourth-order valence-corrected chi connectivity index (χ4v) is 3.27. The molecule has 1 saturated carbocycles. The molecule has 4 nitrogen and oxygen atoms in total. The van der Waals surface area contributed by atoms with Gasteiger partial charge in [0.1, 0.15) is 5.82 Å². The van der Waals surface area contributed by atoms with Gasteiger partial charge in [-0.3, -0.25) is 0 Å². The van der Waals surface area contributed by atoms with Gasteiger partial charge in [-0.25, -0.2) is 9.67 Å². The number of nitrogens with one attached hydrogen (secondary N) is 1. The third-order valence-electron chi connectivity index (χ3n) is 4.31. The van der Waals surface area contributed by atoms with Gasteiger partial charge in [0, 0.05) is 18.9 Å². The maximum Gasteiger partial charge on any atom is 0.150 e. The molecule has 18 heavy (non-hydrogen) atoms. The molecule has 1 aliphatic rings. The van der Waals surface area contributed by atoms with Crippen molar-refractivity contribution >= 4 is 0 Å². The predicted octanol–water partition coefficient (Wildman–Crippen LogP) is 2.35. The number of hydrogen-bond donors (Lipinski definition) is 1. The Morgan fingerprint density at radius 3 is 2.61 bits per heavy atom. The van der Waals surface area contributed by atoms with E-state index in [1.165, 1.54) is 12.8 Å². The third kappa shape index (κ3) is 2.18. The summed E-state index contributed by atoms with van der Waals surface area (Å²) in [5.74, 6) is 2.11. The zero-order valence-electron chi connectivity index (χ0n) is 12.3. The summed E-state index contributed by atoms with van der Waals surface area (Å²) < 4.78 is 2.19. The Morgan fingerprint density at radius 2 is 2.06 bits per heavy atom. The zero-order chi connectivity index (χ0) is 13.3. The molecule has 2 unspecified atom stereocenters. The van der Waals surface area contributed by atoms with E-state index in [0.29, 0.717) is 17.5 Å². The van der Waals surface area contributed by atoms with Crippen LogP contribution in [0.2, 0.25) is 0 Å². The van der Waals surface area contributed by atoms with E-state index in [-0.39, 0.29) is 0 Å². The van der Waals surface area contributed by atoms with Crippen LogP contribution in [0.1, 0.15) is 58.2 Å². The number of likely N-dealkylation sites (N-methyl/N-ethyl adjacent to an activating group) is 1. The molecule has 1 aromatic heterocycles. The number of aromatic nitrogens is 3. The lowest BCUT2D eigenvalue weighted by Gasteiger charge is -2.30. The highest BCUT2D eigenvalue weighted by atomic mass is 15.4. The Kier molecular flexibility index (Phi) is 3.76. The fraction of sp³-hybridized carbons (Fsp3) is 0.857. The summed E-state index contributed by atoms with van der Waals surface area (Å²) in [7, 11) is 2.06. The highest BCUT2D eigenvalue weighted by molar-refractivity contribution is 5.03. The first-order valence-corrected chi connectivity index (χ1v) is 7.15. The van der Waals surface area contributed by atoms with Crippen molar-refractivity contribution in [1.29, 1.82) is 0 Å². The van der Waals surface area contributed by atoms with E-state index in [2.05, 4.69) is 49.7 Å². The number of rotatable bonds is 4. The summed E-state index contributed by atoms with van der Waals surface area (Å²) in [6, 6.07) is 0.932. The second kappa shape index (κ2) is 5.00. The molecular weight excluding hydrogens is 224 g/mol. The molecule has 4 heteroatoms. The normalized spacial score (nSPS) is 26.7. The molecule has 0 aliphatic heterocycles. The Morgan fingerprint density at radius 1 is 1.33 bits per heavy atom. The van der Waals surface area contributed by atoms with Crippen LogP contribution in [-0.4, -0.2) is 27.9 Å². The average Bonchev–Trinajstić information content (AvgIpc) is 2.88. The first-order valence-electron chi connectivity index (χ1n) is 7.15. The van der Waals surface area contributed by atoms with E-state index < -0.39 is 0 Å². The predicted molar refractivity (Wildman–Crippen MR) is 73.7 cm³/mol. The Balaban J connectivity index is 2.33. The summed E-state index contributed by atoms with van der Waals surface area (Å²) >= 11 is 0. The first kappa shape index (κ1) is 13.5. The summed E-state index contributed by atoms with van der Waals surface area (Å²) in [4.78, 5) is 4.63. The van der Waals surface area contributed by atoms with Gasteiger partial charge in [0.25, 0.3) is 0 Å². The molecule has 0 aromatic carbocycles. The van der Waals surface area contributed by atoms with Crippen molar-refractivity contribution in [2.75, 3.05) is 7.05 Å². The molecule has 1 aromatic rings. The highest BCUT2D eigenvalue weighted by Crippen LogP contribution is 2.43. The fourth-order valence-electron chi connectivity index (χ4n) is 3.27. The maximum absolute atomic E-state index is 4.71. The molecule has 102 valence electrons. The van der Waals surface area contributed by atoms with Crippen LogP contribution in [0, 0.1) is 5.41 Å². The van der Waals surface area contributed by atoms with Crippen LogP contribution >= 0.6 is 0 Å². The van der Waals surface area contributed by atoms with Crippen LogP contribution in [-0.2, 0) is 12.8 Å². The van der Waals surface area contributed by atoms with Gasteiger partial charge in [0.05, 0.1) is 6.04 Å². The molecule has 2 rings (SSSR count). The van der Waals surface area contributed by atoms with Gasteiger partial charge in [-0.05, 0) is 25.3 Å². The Labute approximate surface area is 110 Å². The standard InChI is InChI=1S/C14H26N4/c1-6-11-16-12(7-2)18(17-11)10-8-9-14(3,4)13(10)15-5/h10,13,15H,6-9H2,1-5H3. The average molecular weight is 250 g/mol. The van der Waals surface area contributed by atoms with E-state index in [1.807, 2.05) is 0 Å². The van der Waals surface area contributed by atoms with Crippen molar-refractivity contribution in [3.63, 3.8) is 0 Å². The molecule has 2 atom stereocenters. The van der Waals surface area contributed by atoms with Crippen LogP contribution in [0.4, 0.5) is 0 Å². The van der Waals surface area contributed by atoms with E-state index in [1.54, 1.807) is 0 Å². The van der Waals surface area contributed by atoms with Gasteiger partial charge in [-0.2, -0.15) is 5.10 Å². The molecule has 1 heterocycles. The molecule has 0 radical (unpaired) electrons. The molecule has 1 fully saturated rings.